The molecule has 0 aliphatic carbocycles. The summed E-state index contributed by atoms with van der Waals surface area (Å²) in [6.07, 6.45) is -0.425. The number of rotatable bonds is 0. The van der Waals surface area contributed by atoms with E-state index in [1.807, 2.05) is 11.0 Å². The molecule has 2 atom stereocenters. The molecule has 0 aromatic heterocycles. The Morgan fingerprint density at radius 2 is 1.43 bits per heavy atom. The van der Waals surface area contributed by atoms with Crippen LogP contribution in [0.1, 0.15) is 0 Å². The van der Waals surface area contributed by atoms with Gasteiger partial charge in [-0.3, -0.25) is 21.0 Å². The molecule has 2 aliphatic rings. The van der Waals surface area contributed by atoms with Gasteiger partial charge in [0.25, 0.3) is 0 Å². The van der Waals surface area contributed by atoms with Gasteiger partial charge in [0.15, 0.2) is 11.7 Å². The Balaban J connectivity index is 2.19. The molecule has 8 nitrogen and oxygen atoms in total. The molecule has 78 valence electrons. The minimum atomic E-state index is -0.213. The number of fused-ring (bicyclic) bond motifs is 1. The summed E-state index contributed by atoms with van der Waals surface area (Å²) >= 11 is 0. The summed E-state index contributed by atoms with van der Waals surface area (Å²) in [6.45, 7) is 1.58. The maximum Gasteiger partial charge on any atom is 0.191 e. The number of hydroxylamine groups is 2. The highest BCUT2D eigenvalue weighted by atomic mass is 16.5. The second kappa shape index (κ2) is 3.88. The summed E-state index contributed by atoms with van der Waals surface area (Å²) in [7, 11) is 0. The highest BCUT2D eigenvalue weighted by Crippen LogP contribution is 2.06. The molecule has 8 heteroatoms. The van der Waals surface area contributed by atoms with Crippen LogP contribution in [-0.4, -0.2) is 47.5 Å². The van der Waals surface area contributed by atoms with Crippen molar-refractivity contribution >= 4 is 11.7 Å². The molecule has 0 amide bonds. The lowest BCUT2D eigenvalue weighted by molar-refractivity contribution is 0.216. The first kappa shape index (κ1) is 9.34. The van der Waals surface area contributed by atoms with Gasteiger partial charge in [-0.15, -0.1) is 0 Å². The zero-order chi connectivity index (χ0) is 9.97. The van der Waals surface area contributed by atoms with E-state index in [1.165, 1.54) is 0 Å². The van der Waals surface area contributed by atoms with Crippen LogP contribution in [0.3, 0.4) is 0 Å². The quantitative estimate of drug-likeness (QED) is 0.243. The Kier molecular flexibility index (Phi) is 2.59. The molecule has 0 spiro atoms. The fourth-order valence-electron chi connectivity index (χ4n) is 1.46. The molecule has 0 radical (unpaired) electrons. The van der Waals surface area contributed by atoms with Crippen LogP contribution in [0.2, 0.25) is 0 Å². The SMILES string of the molecule is ONC1=N[C@@H]2NCCN[C@H]2N=C1NO. The molecule has 14 heavy (non-hydrogen) atoms. The lowest BCUT2D eigenvalue weighted by atomic mass is 10.2. The fraction of sp³-hybridized carbons (Fsp3) is 0.667. The average molecular weight is 200 g/mol. The predicted molar refractivity (Wildman–Crippen MR) is 48.3 cm³/mol. The summed E-state index contributed by atoms with van der Waals surface area (Å²) in [5, 5.41) is 23.7. The Morgan fingerprint density at radius 3 is 1.79 bits per heavy atom. The molecule has 2 rings (SSSR count). The van der Waals surface area contributed by atoms with Crippen LogP contribution in [0.25, 0.3) is 0 Å². The molecule has 0 unspecified atom stereocenters. The van der Waals surface area contributed by atoms with E-state index in [1.54, 1.807) is 0 Å². The summed E-state index contributed by atoms with van der Waals surface area (Å²) in [5.74, 6) is 0.231. The van der Waals surface area contributed by atoms with Gasteiger partial charge in [0, 0.05) is 13.1 Å². The molecule has 1 saturated heterocycles. The normalized spacial score (nSPS) is 31.3. The molecule has 1 fully saturated rings. The molecule has 2 heterocycles. The maximum atomic E-state index is 8.72. The van der Waals surface area contributed by atoms with Crippen molar-refractivity contribution < 1.29 is 10.4 Å². The highest BCUT2D eigenvalue weighted by molar-refractivity contribution is 6.40. The second-order valence-electron chi connectivity index (χ2n) is 2.98. The van der Waals surface area contributed by atoms with E-state index >= 15 is 0 Å². The van der Waals surface area contributed by atoms with E-state index in [2.05, 4.69) is 20.6 Å². The third-order valence-electron chi connectivity index (χ3n) is 2.10. The van der Waals surface area contributed by atoms with E-state index in [0.717, 1.165) is 13.1 Å². The van der Waals surface area contributed by atoms with Crippen LogP contribution in [0.4, 0.5) is 0 Å². The standard InChI is InChI=1S/C6H12N6O2/c13-11-5-6(12-14)10-4-3(9-5)7-1-2-8-4/h3-4,7-8,13-14H,1-2H2,(H,9,11)(H,10,12)/t3-,4-/m0/s1. The number of aliphatic imine (C=N–C) groups is 2. The maximum absolute atomic E-state index is 8.72. The van der Waals surface area contributed by atoms with Crippen molar-refractivity contribution in [2.45, 2.75) is 12.3 Å². The van der Waals surface area contributed by atoms with Gasteiger partial charge in [0.1, 0.15) is 12.3 Å². The molecular formula is C6H12N6O2. The lowest BCUT2D eigenvalue weighted by Gasteiger charge is -2.31. The van der Waals surface area contributed by atoms with Crippen molar-refractivity contribution in [2.24, 2.45) is 9.98 Å². The highest BCUT2D eigenvalue weighted by Gasteiger charge is 2.29. The first-order valence-corrected chi connectivity index (χ1v) is 4.28. The van der Waals surface area contributed by atoms with Crippen molar-refractivity contribution in [2.75, 3.05) is 13.1 Å². The molecular weight excluding hydrogens is 188 g/mol. The van der Waals surface area contributed by atoms with Crippen LogP contribution in [-0.2, 0) is 0 Å². The summed E-state index contributed by atoms with van der Waals surface area (Å²) in [6, 6.07) is 0. The first-order valence-electron chi connectivity index (χ1n) is 4.28. The van der Waals surface area contributed by atoms with Crippen molar-refractivity contribution in [1.82, 2.24) is 21.6 Å². The van der Waals surface area contributed by atoms with E-state index < -0.39 is 0 Å². The Labute approximate surface area is 80.0 Å². The van der Waals surface area contributed by atoms with Crippen LogP contribution in [0.5, 0.6) is 0 Å². The summed E-state index contributed by atoms with van der Waals surface area (Å²) < 4.78 is 0. The Hall–Kier alpha value is -1.22. The Morgan fingerprint density at radius 1 is 1.00 bits per heavy atom. The van der Waals surface area contributed by atoms with Gasteiger partial charge in [-0.05, 0) is 0 Å². The van der Waals surface area contributed by atoms with E-state index in [4.69, 9.17) is 10.4 Å². The van der Waals surface area contributed by atoms with Crippen molar-refractivity contribution in [1.29, 1.82) is 0 Å². The van der Waals surface area contributed by atoms with Gasteiger partial charge < -0.3 is 0 Å². The number of hydrogen-bond acceptors (Lipinski definition) is 8. The summed E-state index contributed by atoms with van der Waals surface area (Å²) in [4.78, 5) is 8.21. The van der Waals surface area contributed by atoms with E-state index in [-0.39, 0.29) is 24.0 Å². The predicted octanol–water partition coefficient (Wildman–Crippen LogP) is -2.40. The topological polar surface area (TPSA) is 113 Å². The molecule has 0 aromatic rings. The molecule has 2 aliphatic heterocycles. The second-order valence-corrected chi connectivity index (χ2v) is 2.98. The van der Waals surface area contributed by atoms with Gasteiger partial charge in [0.05, 0.1) is 0 Å². The Bertz CT molecular complexity index is 249. The number of hydrogen-bond donors (Lipinski definition) is 6. The van der Waals surface area contributed by atoms with Gasteiger partial charge in [-0.1, -0.05) is 0 Å². The number of piperazine rings is 1. The van der Waals surface area contributed by atoms with E-state index in [9.17, 15) is 0 Å². The van der Waals surface area contributed by atoms with Crippen LogP contribution in [0.15, 0.2) is 9.98 Å². The average Bonchev–Trinajstić information content (AvgIpc) is 2.27. The first-order chi connectivity index (χ1) is 6.85. The van der Waals surface area contributed by atoms with Crippen molar-refractivity contribution in [3.8, 4) is 0 Å². The minimum absolute atomic E-state index is 0.116. The van der Waals surface area contributed by atoms with Gasteiger partial charge in [-0.2, -0.15) is 0 Å². The lowest BCUT2D eigenvalue weighted by Crippen LogP contribution is -2.58. The summed E-state index contributed by atoms with van der Waals surface area (Å²) in [5.41, 5.74) is 3.73. The third kappa shape index (κ3) is 1.55. The zero-order valence-electron chi connectivity index (χ0n) is 7.36. The van der Waals surface area contributed by atoms with Gasteiger partial charge in [0.2, 0.25) is 0 Å². The van der Waals surface area contributed by atoms with Gasteiger partial charge >= 0.3 is 0 Å². The molecule has 0 bridgehead atoms. The molecule has 6 N–H and O–H groups in total. The van der Waals surface area contributed by atoms with Crippen LogP contribution in [0, 0.1) is 0 Å². The molecule has 0 aromatic carbocycles. The van der Waals surface area contributed by atoms with E-state index in [0.29, 0.717) is 0 Å². The van der Waals surface area contributed by atoms with Crippen LogP contribution >= 0.6 is 0 Å². The van der Waals surface area contributed by atoms with Crippen molar-refractivity contribution in [3.05, 3.63) is 0 Å². The van der Waals surface area contributed by atoms with Crippen LogP contribution < -0.4 is 21.6 Å². The number of nitrogens with one attached hydrogen (secondary N) is 4. The molecule has 0 saturated carbocycles. The smallest absolute Gasteiger partial charge is 0.191 e. The third-order valence-corrected chi connectivity index (χ3v) is 2.10. The number of amidine groups is 2. The number of nitrogens with zero attached hydrogens (tertiary/aromatic N) is 2. The minimum Gasteiger partial charge on any atom is -0.291 e. The largest absolute Gasteiger partial charge is 0.291 e. The van der Waals surface area contributed by atoms with Gasteiger partial charge in [-0.25, -0.2) is 20.9 Å². The van der Waals surface area contributed by atoms with Crippen molar-refractivity contribution in [3.63, 3.8) is 0 Å². The fourth-order valence-corrected chi connectivity index (χ4v) is 1.46. The monoisotopic (exact) mass is 200 g/mol. The zero-order valence-corrected chi connectivity index (χ0v) is 7.36.